The van der Waals surface area contributed by atoms with Crippen molar-refractivity contribution in [1.82, 2.24) is 15.5 Å². The smallest absolute Gasteiger partial charge is 0.247 e. The maximum atomic E-state index is 12.3. The molecule has 5 aliphatic rings. The van der Waals surface area contributed by atoms with Gasteiger partial charge in [-0.15, -0.1) is 0 Å². The molecule has 3 aliphatic heterocycles. The van der Waals surface area contributed by atoms with Crippen LogP contribution in [0.1, 0.15) is 32.1 Å². The molecule has 108 valence electrons. The van der Waals surface area contributed by atoms with Crippen molar-refractivity contribution in [1.29, 1.82) is 0 Å². The number of nitrogens with zero attached hydrogens (tertiary/aromatic N) is 1. The zero-order valence-electron chi connectivity index (χ0n) is 11.6. The molecule has 0 aromatic carbocycles. The first-order valence-electron chi connectivity index (χ1n) is 7.66. The number of hydrogen-bond donors (Lipinski definition) is 2. The minimum absolute atomic E-state index is 0.0310. The number of nitrogens with one attached hydrogen (secondary N) is 2. The van der Waals surface area contributed by atoms with E-state index in [9.17, 15) is 9.59 Å². The monoisotopic (exact) mass is 275 g/mol. The lowest BCUT2D eigenvalue weighted by molar-refractivity contribution is -0.134. The zero-order chi connectivity index (χ0) is 13.7. The van der Waals surface area contributed by atoms with Gasteiger partial charge in [0.25, 0.3) is 0 Å². The van der Waals surface area contributed by atoms with Crippen molar-refractivity contribution in [3.8, 4) is 0 Å². The van der Waals surface area contributed by atoms with Gasteiger partial charge < -0.3 is 10.2 Å². The Hall–Kier alpha value is -1.36. The molecule has 0 aromatic heterocycles. The molecule has 2 unspecified atom stereocenters. The highest BCUT2D eigenvalue weighted by Gasteiger charge is 2.51. The first kappa shape index (κ1) is 12.4. The van der Waals surface area contributed by atoms with E-state index >= 15 is 0 Å². The molecule has 4 fully saturated rings. The molecule has 20 heavy (non-hydrogen) atoms. The third-order valence-electron chi connectivity index (χ3n) is 5.27. The Morgan fingerprint density at radius 1 is 1.35 bits per heavy atom. The van der Waals surface area contributed by atoms with E-state index in [-0.39, 0.29) is 24.0 Å². The number of carbonyl (C=O) groups excluding carboxylic acids is 2. The Bertz CT molecular complexity index is 450. The highest BCUT2D eigenvalue weighted by molar-refractivity contribution is 5.93. The topological polar surface area (TPSA) is 61.4 Å². The summed E-state index contributed by atoms with van der Waals surface area (Å²) in [5.74, 6) is 1.45. The highest BCUT2D eigenvalue weighted by Crippen LogP contribution is 2.48. The standard InChI is InChI=1S/C15H21N3O2/c19-13(9-18-3-1-2-14(18)20)17-15-7-10-4-11(8-15)6-12(5-10)16-15/h1-2,10-12,16H,3-9H2,(H,17,19)/t10-,11+,12?,15?. The van der Waals surface area contributed by atoms with Crippen molar-refractivity contribution in [2.75, 3.05) is 13.1 Å². The van der Waals surface area contributed by atoms with Crippen molar-refractivity contribution in [3.05, 3.63) is 12.2 Å². The van der Waals surface area contributed by atoms with E-state index in [0.29, 0.717) is 12.6 Å². The van der Waals surface area contributed by atoms with E-state index in [1.807, 2.05) is 0 Å². The third-order valence-corrected chi connectivity index (χ3v) is 5.27. The molecule has 4 bridgehead atoms. The van der Waals surface area contributed by atoms with Gasteiger partial charge in [-0.1, -0.05) is 6.08 Å². The summed E-state index contributed by atoms with van der Waals surface area (Å²) in [6.07, 6.45) is 9.32. The lowest BCUT2D eigenvalue weighted by Gasteiger charge is -2.57. The predicted octanol–water partition coefficient (Wildman–Crippen LogP) is 0.379. The molecule has 2 saturated carbocycles. The van der Waals surface area contributed by atoms with Gasteiger partial charge in [-0.25, -0.2) is 0 Å². The molecule has 5 heteroatoms. The summed E-state index contributed by atoms with van der Waals surface area (Å²) in [6.45, 7) is 0.732. The Kier molecular flexibility index (Phi) is 2.67. The van der Waals surface area contributed by atoms with Gasteiger partial charge in [0.1, 0.15) is 6.54 Å². The second-order valence-electron chi connectivity index (χ2n) is 6.94. The van der Waals surface area contributed by atoms with E-state index in [2.05, 4.69) is 10.6 Å². The van der Waals surface area contributed by atoms with Crippen molar-refractivity contribution in [2.45, 2.75) is 43.8 Å². The maximum absolute atomic E-state index is 12.3. The van der Waals surface area contributed by atoms with E-state index in [4.69, 9.17) is 0 Å². The van der Waals surface area contributed by atoms with Crippen LogP contribution < -0.4 is 10.6 Å². The van der Waals surface area contributed by atoms with Crippen LogP contribution in [0, 0.1) is 11.8 Å². The molecule has 0 spiro atoms. The lowest BCUT2D eigenvalue weighted by atomic mass is 9.62. The quantitative estimate of drug-likeness (QED) is 0.783. The van der Waals surface area contributed by atoms with Crippen LogP contribution >= 0.6 is 0 Å². The van der Waals surface area contributed by atoms with Crippen LogP contribution in [-0.4, -0.2) is 41.5 Å². The van der Waals surface area contributed by atoms with Gasteiger partial charge in [-0.05, 0) is 43.9 Å². The normalized spacial score (nSPS) is 41.5. The van der Waals surface area contributed by atoms with Crippen LogP contribution in [-0.2, 0) is 9.59 Å². The van der Waals surface area contributed by atoms with Crippen LogP contribution in [0.25, 0.3) is 0 Å². The second-order valence-corrected chi connectivity index (χ2v) is 6.94. The molecule has 2 amide bonds. The number of carbonyl (C=O) groups is 2. The second kappa shape index (κ2) is 4.32. The minimum Gasteiger partial charge on any atom is -0.336 e. The molecule has 4 atom stereocenters. The summed E-state index contributed by atoms with van der Waals surface area (Å²) >= 11 is 0. The van der Waals surface area contributed by atoms with Gasteiger partial charge >= 0.3 is 0 Å². The van der Waals surface area contributed by atoms with Crippen molar-refractivity contribution in [2.24, 2.45) is 11.8 Å². The SMILES string of the molecule is O=C(CN1CC=CC1=O)NC12C[C@@H]3CC(C[C@@H](C3)C1)N2. The predicted molar refractivity (Wildman–Crippen MR) is 73.6 cm³/mol. The fourth-order valence-electron chi connectivity index (χ4n) is 4.83. The van der Waals surface area contributed by atoms with Gasteiger partial charge in [0, 0.05) is 18.7 Å². The van der Waals surface area contributed by atoms with Gasteiger partial charge in [-0.3, -0.25) is 14.9 Å². The highest BCUT2D eigenvalue weighted by atomic mass is 16.2. The van der Waals surface area contributed by atoms with E-state index in [1.165, 1.54) is 25.3 Å². The molecule has 0 radical (unpaired) electrons. The number of piperidine rings is 2. The van der Waals surface area contributed by atoms with Gasteiger partial charge in [0.2, 0.25) is 11.8 Å². The van der Waals surface area contributed by atoms with Gasteiger partial charge in [-0.2, -0.15) is 0 Å². The third kappa shape index (κ3) is 2.04. The fourth-order valence-corrected chi connectivity index (χ4v) is 4.83. The average molecular weight is 275 g/mol. The maximum Gasteiger partial charge on any atom is 0.247 e. The first-order chi connectivity index (χ1) is 9.62. The van der Waals surface area contributed by atoms with Crippen molar-refractivity contribution >= 4 is 11.8 Å². The van der Waals surface area contributed by atoms with Crippen molar-refractivity contribution < 1.29 is 9.59 Å². The summed E-state index contributed by atoms with van der Waals surface area (Å²) in [5, 5.41) is 6.84. The summed E-state index contributed by atoms with van der Waals surface area (Å²) in [6, 6.07) is 0.580. The van der Waals surface area contributed by atoms with Crippen LogP contribution in [0.2, 0.25) is 0 Å². The molecule has 5 nitrogen and oxygen atoms in total. The lowest BCUT2D eigenvalue weighted by Crippen LogP contribution is -2.71. The molecule has 2 aliphatic carbocycles. The molecule has 5 rings (SSSR count). The van der Waals surface area contributed by atoms with E-state index in [0.717, 1.165) is 24.7 Å². The molecular weight excluding hydrogens is 254 g/mol. The number of rotatable bonds is 3. The Morgan fingerprint density at radius 2 is 2.10 bits per heavy atom. The minimum atomic E-state index is -0.192. The summed E-state index contributed by atoms with van der Waals surface area (Å²) in [4.78, 5) is 25.4. The fraction of sp³-hybridized carbons (Fsp3) is 0.733. The number of hydrogen-bond acceptors (Lipinski definition) is 3. The van der Waals surface area contributed by atoms with Crippen LogP contribution in [0.15, 0.2) is 12.2 Å². The summed E-state index contributed by atoms with van der Waals surface area (Å²) in [5.41, 5.74) is -0.192. The summed E-state index contributed by atoms with van der Waals surface area (Å²) < 4.78 is 0. The molecule has 3 heterocycles. The largest absolute Gasteiger partial charge is 0.336 e. The van der Waals surface area contributed by atoms with Crippen LogP contribution in [0.5, 0.6) is 0 Å². The Labute approximate surface area is 118 Å². The first-order valence-corrected chi connectivity index (χ1v) is 7.66. The summed E-state index contributed by atoms with van der Waals surface area (Å²) in [7, 11) is 0. The van der Waals surface area contributed by atoms with Gasteiger partial charge in [0.15, 0.2) is 0 Å². The van der Waals surface area contributed by atoms with Gasteiger partial charge in [0.05, 0.1) is 5.66 Å². The molecule has 2 saturated heterocycles. The zero-order valence-corrected chi connectivity index (χ0v) is 11.6. The molecule has 2 N–H and O–H groups in total. The van der Waals surface area contributed by atoms with Crippen LogP contribution in [0.4, 0.5) is 0 Å². The average Bonchev–Trinajstić information content (AvgIpc) is 2.72. The van der Waals surface area contributed by atoms with Crippen LogP contribution in [0.3, 0.4) is 0 Å². The Balaban J connectivity index is 1.41. The van der Waals surface area contributed by atoms with Crippen molar-refractivity contribution in [3.63, 3.8) is 0 Å². The Morgan fingerprint density at radius 3 is 2.70 bits per heavy atom. The molecule has 0 aromatic rings. The molecular formula is C15H21N3O2. The van der Waals surface area contributed by atoms with E-state index in [1.54, 1.807) is 11.0 Å². The van der Waals surface area contributed by atoms with E-state index < -0.39 is 0 Å². The number of amides is 2.